The first-order valence-corrected chi connectivity index (χ1v) is 8.30. The fraction of sp³-hybridized carbons (Fsp3) is 0.333. The number of nitrogens with one attached hydrogen (secondary N) is 1. The van der Waals surface area contributed by atoms with Gasteiger partial charge in [-0.05, 0) is 56.0 Å². The first-order valence-electron chi connectivity index (χ1n) is 7.07. The molecule has 0 radical (unpaired) electrons. The lowest BCUT2D eigenvalue weighted by Crippen LogP contribution is -2.19. The van der Waals surface area contributed by atoms with Crippen LogP contribution in [0.1, 0.15) is 28.3 Å². The molecule has 0 saturated heterocycles. The zero-order chi connectivity index (χ0) is 15.4. The van der Waals surface area contributed by atoms with Crippen LogP contribution in [0.4, 0.5) is 0 Å². The highest BCUT2D eigenvalue weighted by molar-refractivity contribution is 7.98. The molecule has 2 aromatic carbocycles. The molecule has 0 aliphatic heterocycles. The van der Waals surface area contributed by atoms with E-state index in [2.05, 4.69) is 61.8 Å². The van der Waals surface area contributed by atoms with Gasteiger partial charge >= 0.3 is 0 Å². The second-order valence-electron chi connectivity index (χ2n) is 5.12. The molecular weight excluding hydrogens is 278 g/mol. The Kier molecular flexibility index (Phi) is 5.32. The van der Waals surface area contributed by atoms with Gasteiger partial charge in [0.2, 0.25) is 0 Å². The van der Waals surface area contributed by atoms with Crippen molar-refractivity contribution in [2.24, 2.45) is 0 Å². The maximum absolute atomic E-state index is 5.66. The number of thioether (sulfide) groups is 1. The SMILES string of the molecule is CNC(c1ccc(SC)cc1)c1ccc(C)c(C)c1OC. The number of ether oxygens (including phenoxy) is 1. The van der Waals surface area contributed by atoms with Crippen molar-refractivity contribution < 1.29 is 4.74 Å². The molecule has 112 valence electrons. The molecule has 0 bridgehead atoms. The van der Waals surface area contributed by atoms with E-state index in [1.165, 1.54) is 27.1 Å². The van der Waals surface area contributed by atoms with Crippen LogP contribution >= 0.6 is 11.8 Å². The van der Waals surface area contributed by atoms with Gasteiger partial charge in [-0.2, -0.15) is 0 Å². The summed E-state index contributed by atoms with van der Waals surface area (Å²) in [6.45, 7) is 4.23. The third kappa shape index (κ3) is 3.25. The number of hydrogen-bond acceptors (Lipinski definition) is 3. The number of rotatable bonds is 5. The summed E-state index contributed by atoms with van der Waals surface area (Å²) in [6, 6.07) is 13.1. The van der Waals surface area contributed by atoms with E-state index in [-0.39, 0.29) is 6.04 Å². The average molecular weight is 301 g/mol. The van der Waals surface area contributed by atoms with Gasteiger partial charge in [-0.25, -0.2) is 0 Å². The van der Waals surface area contributed by atoms with Gasteiger partial charge < -0.3 is 10.1 Å². The van der Waals surface area contributed by atoms with Gasteiger partial charge in [-0.3, -0.25) is 0 Å². The lowest BCUT2D eigenvalue weighted by Gasteiger charge is -2.22. The van der Waals surface area contributed by atoms with Crippen LogP contribution in [-0.4, -0.2) is 20.4 Å². The van der Waals surface area contributed by atoms with Crippen LogP contribution < -0.4 is 10.1 Å². The maximum Gasteiger partial charge on any atom is 0.127 e. The Morgan fingerprint density at radius 3 is 2.24 bits per heavy atom. The topological polar surface area (TPSA) is 21.3 Å². The van der Waals surface area contributed by atoms with E-state index in [4.69, 9.17) is 4.74 Å². The van der Waals surface area contributed by atoms with E-state index in [1.807, 2.05) is 7.05 Å². The van der Waals surface area contributed by atoms with Gasteiger partial charge in [0.1, 0.15) is 5.75 Å². The van der Waals surface area contributed by atoms with Crippen molar-refractivity contribution in [1.29, 1.82) is 0 Å². The summed E-state index contributed by atoms with van der Waals surface area (Å²) >= 11 is 1.76. The fourth-order valence-corrected chi connectivity index (χ4v) is 3.02. The molecule has 0 heterocycles. The molecule has 0 amide bonds. The molecule has 21 heavy (non-hydrogen) atoms. The zero-order valence-corrected chi connectivity index (χ0v) is 14.2. The quantitative estimate of drug-likeness (QED) is 0.830. The molecule has 0 fully saturated rings. The normalized spacial score (nSPS) is 12.2. The van der Waals surface area contributed by atoms with Crippen molar-refractivity contribution in [3.8, 4) is 5.75 Å². The monoisotopic (exact) mass is 301 g/mol. The predicted octanol–water partition coefficient (Wildman–Crippen LogP) is 4.34. The van der Waals surface area contributed by atoms with Gasteiger partial charge in [0.25, 0.3) is 0 Å². The minimum Gasteiger partial charge on any atom is -0.496 e. The summed E-state index contributed by atoms with van der Waals surface area (Å²) in [4.78, 5) is 1.28. The molecule has 0 spiro atoms. The van der Waals surface area contributed by atoms with Crippen LogP contribution in [0.3, 0.4) is 0 Å². The van der Waals surface area contributed by atoms with E-state index in [0.29, 0.717) is 0 Å². The lowest BCUT2D eigenvalue weighted by atomic mass is 9.94. The average Bonchev–Trinajstić information content (AvgIpc) is 2.52. The maximum atomic E-state index is 5.66. The molecule has 0 saturated carbocycles. The van der Waals surface area contributed by atoms with Crippen molar-refractivity contribution in [2.75, 3.05) is 20.4 Å². The van der Waals surface area contributed by atoms with Crippen LogP contribution in [-0.2, 0) is 0 Å². The van der Waals surface area contributed by atoms with E-state index in [9.17, 15) is 0 Å². The van der Waals surface area contributed by atoms with E-state index >= 15 is 0 Å². The van der Waals surface area contributed by atoms with Crippen LogP contribution in [0.5, 0.6) is 5.75 Å². The van der Waals surface area contributed by atoms with Crippen LogP contribution in [0.15, 0.2) is 41.3 Å². The minimum atomic E-state index is 0.134. The third-order valence-corrected chi connectivity index (χ3v) is 4.70. The van der Waals surface area contributed by atoms with Crippen LogP contribution in [0, 0.1) is 13.8 Å². The Morgan fingerprint density at radius 2 is 1.71 bits per heavy atom. The zero-order valence-electron chi connectivity index (χ0n) is 13.4. The van der Waals surface area contributed by atoms with E-state index < -0.39 is 0 Å². The minimum absolute atomic E-state index is 0.134. The van der Waals surface area contributed by atoms with Crippen LogP contribution in [0.2, 0.25) is 0 Å². The summed E-state index contributed by atoms with van der Waals surface area (Å²) in [5.74, 6) is 0.975. The molecule has 0 aromatic heterocycles. The second kappa shape index (κ2) is 7.01. The third-order valence-electron chi connectivity index (χ3n) is 3.96. The summed E-state index contributed by atoms with van der Waals surface area (Å²) in [5.41, 5.74) is 4.89. The first kappa shape index (κ1) is 15.9. The fourth-order valence-electron chi connectivity index (χ4n) is 2.61. The van der Waals surface area contributed by atoms with Gasteiger partial charge in [0.05, 0.1) is 13.2 Å². The van der Waals surface area contributed by atoms with E-state index in [0.717, 1.165) is 5.75 Å². The number of hydrogen-bond donors (Lipinski definition) is 1. The summed E-state index contributed by atoms with van der Waals surface area (Å²) in [7, 11) is 3.73. The lowest BCUT2D eigenvalue weighted by molar-refractivity contribution is 0.402. The number of methoxy groups -OCH3 is 1. The Bertz CT molecular complexity index is 607. The molecule has 1 unspecified atom stereocenters. The molecule has 2 aromatic rings. The van der Waals surface area contributed by atoms with Crippen molar-refractivity contribution in [3.05, 3.63) is 58.7 Å². The molecular formula is C18H23NOS. The van der Waals surface area contributed by atoms with Crippen LogP contribution in [0.25, 0.3) is 0 Å². The highest BCUT2D eigenvalue weighted by atomic mass is 32.2. The smallest absolute Gasteiger partial charge is 0.127 e. The number of aryl methyl sites for hydroxylation is 1. The highest BCUT2D eigenvalue weighted by Crippen LogP contribution is 2.34. The Labute approximate surface area is 131 Å². The molecule has 3 heteroatoms. The summed E-state index contributed by atoms with van der Waals surface area (Å²) < 4.78 is 5.66. The molecule has 0 aliphatic carbocycles. The van der Waals surface area contributed by atoms with Gasteiger partial charge in [0, 0.05) is 10.5 Å². The van der Waals surface area contributed by atoms with Gasteiger partial charge in [-0.1, -0.05) is 24.3 Å². The standard InChI is InChI=1S/C18H23NOS/c1-12-6-11-16(18(20-4)13(12)2)17(19-3)14-7-9-15(21-5)10-8-14/h6-11,17,19H,1-5H3. The number of benzene rings is 2. The summed E-state index contributed by atoms with van der Waals surface area (Å²) in [6.07, 6.45) is 2.09. The molecule has 1 N–H and O–H groups in total. The van der Waals surface area contributed by atoms with Crippen molar-refractivity contribution >= 4 is 11.8 Å². The van der Waals surface area contributed by atoms with Gasteiger partial charge in [0.15, 0.2) is 0 Å². The van der Waals surface area contributed by atoms with Crippen molar-refractivity contribution in [1.82, 2.24) is 5.32 Å². The molecule has 2 nitrogen and oxygen atoms in total. The Hall–Kier alpha value is -1.45. The van der Waals surface area contributed by atoms with Gasteiger partial charge in [-0.15, -0.1) is 11.8 Å². The van der Waals surface area contributed by atoms with Crippen molar-refractivity contribution in [3.63, 3.8) is 0 Å². The highest BCUT2D eigenvalue weighted by Gasteiger charge is 2.18. The molecule has 2 rings (SSSR count). The largest absolute Gasteiger partial charge is 0.496 e. The second-order valence-corrected chi connectivity index (χ2v) is 6.00. The van der Waals surface area contributed by atoms with E-state index in [1.54, 1.807) is 18.9 Å². The Balaban J connectivity index is 2.48. The first-order chi connectivity index (χ1) is 10.1. The predicted molar refractivity (Wildman–Crippen MR) is 91.6 cm³/mol. The molecule has 1 atom stereocenters. The molecule has 0 aliphatic rings. The Morgan fingerprint density at radius 1 is 1.05 bits per heavy atom. The van der Waals surface area contributed by atoms with Crippen molar-refractivity contribution in [2.45, 2.75) is 24.8 Å². The summed E-state index contributed by atoms with van der Waals surface area (Å²) in [5, 5.41) is 3.41.